The summed E-state index contributed by atoms with van der Waals surface area (Å²) in [5.74, 6) is -1.17. The fourth-order valence-electron chi connectivity index (χ4n) is 6.58. The predicted molar refractivity (Wildman–Crippen MR) is 221 cm³/mol. The number of anilines is 2. The Kier molecular flexibility index (Phi) is 14.4. The maximum Gasteiger partial charge on any atom is 0.356 e. The van der Waals surface area contributed by atoms with E-state index in [-0.39, 0.29) is 36.1 Å². The second-order valence-corrected chi connectivity index (χ2v) is 13.9. The van der Waals surface area contributed by atoms with Gasteiger partial charge in [0.2, 0.25) is 0 Å². The number of morpholine rings is 2. The molecular formula is C42H51ClN8O5. The monoisotopic (exact) mass is 782 g/mol. The summed E-state index contributed by atoms with van der Waals surface area (Å²) in [7, 11) is 0. The van der Waals surface area contributed by atoms with Gasteiger partial charge < -0.3 is 44.2 Å². The molecule has 0 unspecified atom stereocenters. The quantitative estimate of drug-likeness (QED) is 0.165. The third kappa shape index (κ3) is 10.4. The number of hydrogen-bond donors (Lipinski definition) is 3. The van der Waals surface area contributed by atoms with Gasteiger partial charge in [-0.3, -0.25) is 4.79 Å². The van der Waals surface area contributed by atoms with Crippen molar-refractivity contribution in [2.45, 2.75) is 51.9 Å². The summed E-state index contributed by atoms with van der Waals surface area (Å²) in [6.07, 6.45) is 6.88. The van der Waals surface area contributed by atoms with Crippen LogP contribution in [0.5, 0.6) is 0 Å². The summed E-state index contributed by atoms with van der Waals surface area (Å²) >= 11 is 0. The molecule has 2 aliphatic rings. The number of carbonyl (C=O) groups excluding carboxylic acids is 1. The third-order valence-corrected chi connectivity index (χ3v) is 9.74. The van der Waals surface area contributed by atoms with E-state index in [1.165, 1.54) is 23.1 Å². The first kappa shape index (κ1) is 41.7. The highest BCUT2D eigenvalue weighted by Crippen LogP contribution is 2.24. The van der Waals surface area contributed by atoms with E-state index >= 15 is 0 Å². The van der Waals surface area contributed by atoms with Crippen LogP contribution < -0.4 is 20.9 Å². The van der Waals surface area contributed by atoms with Gasteiger partial charge >= 0.3 is 5.97 Å². The fourth-order valence-corrected chi connectivity index (χ4v) is 6.58. The molecule has 2 fully saturated rings. The summed E-state index contributed by atoms with van der Waals surface area (Å²) in [4.78, 5) is 36.0. The van der Waals surface area contributed by atoms with E-state index < -0.39 is 5.97 Å². The van der Waals surface area contributed by atoms with E-state index in [9.17, 15) is 9.59 Å². The van der Waals surface area contributed by atoms with E-state index in [0.717, 1.165) is 50.7 Å². The van der Waals surface area contributed by atoms with Crippen molar-refractivity contribution in [2.24, 2.45) is 5.73 Å². The molecule has 2 saturated heterocycles. The number of aromatic nitrogens is 4. The number of imidazole rings is 2. The van der Waals surface area contributed by atoms with Gasteiger partial charge in [-0.2, -0.15) is 0 Å². The molecule has 1 amide bonds. The maximum atomic E-state index is 12.5. The number of hydrogen-bond acceptors (Lipinski definition) is 9. The van der Waals surface area contributed by atoms with Gasteiger partial charge in [0.25, 0.3) is 5.91 Å². The number of fused-ring (bicyclic) bond motifs is 2. The van der Waals surface area contributed by atoms with Crippen molar-refractivity contribution in [2.75, 3.05) is 49.3 Å². The number of pyridine rings is 2. The molecule has 14 heteroatoms. The standard InChI is InChI=1S/C21H24N4O2.C13H20N2O.C8H6N2O2.ClH/c1-15-14-27-12-11-25(15)18-8-6-17(7-9-18)16(2)22-21(26)19-13-24-10-4-3-5-20(24)23-19;1-10-9-16-8-7-15(10)13-5-3-12(4-6-13)11(2)14;11-8(12)6-5-10-4-2-1-3-7(10)9-6;/h3-10,13,15-16H,11-12,14H2,1-2H3,(H,22,26);3-6,10-11H,7-9,14H2,1-2H3;1-5H,(H,11,12);1H/t15-,16-;10-,11-;;/m11../s1. The number of ether oxygens (including phenoxy) is 2. The van der Waals surface area contributed by atoms with Crippen LogP contribution >= 0.6 is 12.4 Å². The molecule has 4 aromatic heterocycles. The van der Waals surface area contributed by atoms with Crippen molar-refractivity contribution in [3.05, 3.63) is 132 Å². The number of carbonyl (C=O) groups is 2. The maximum absolute atomic E-state index is 12.5. The van der Waals surface area contributed by atoms with Crippen LogP contribution in [0.3, 0.4) is 0 Å². The summed E-state index contributed by atoms with van der Waals surface area (Å²) in [6, 6.07) is 28.8. The number of halogens is 1. The first-order valence-electron chi connectivity index (χ1n) is 18.6. The molecule has 0 aliphatic carbocycles. The largest absolute Gasteiger partial charge is 0.476 e. The first-order valence-corrected chi connectivity index (χ1v) is 18.6. The van der Waals surface area contributed by atoms with Gasteiger partial charge in [-0.25, -0.2) is 14.8 Å². The average molecular weight is 783 g/mol. The van der Waals surface area contributed by atoms with Crippen molar-refractivity contribution in [3.63, 3.8) is 0 Å². The second kappa shape index (κ2) is 19.4. The van der Waals surface area contributed by atoms with Gasteiger partial charge in [-0.15, -0.1) is 12.4 Å². The first-order chi connectivity index (χ1) is 26.6. The van der Waals surface area contributed by atoms with Gasteiger partial charge in [0.1, 0.15) is 17.0 Å². The SMILES string of the molecule is C[C@@H]1COCCN1c1ccc([C@@H](C)N)cc1.C[C@@H]1COCCN1c1ccc([C@@H](C)NC(=O)c2cn3ccccc3n2)cc1.Cl.O=C(O)c1cn2ccccc2n1. The van der Waals surface area contributed by atoms with Gasteiger partial charge in [-0.05, 0) is 87.4 Å². The minimum Gasteiger partial charge on any atom is -0.476 e. The highest BCUT2D eigenvalue weighted by Gasteiger charge is 2.21. The zero-order chi connectivity index (χ0) is 38.9. The predicted octanol–water partition coefficient (Wildman–Crippen LogP) is 6.44. The molecule has 6 aromatic rings. The minimum atomic E-state index is -1.00. The third-order valence-electron chi connectivity index (χ3n) is 9.74. The van der Waals surface area contributed by atoms with Crippen LogP contribution in [-0.4, -0.2) is 87.4 Å². The van der Waals surface area contributed by atoms with Crippen LogP contribution in [0.2, 0.25) is 0 Å². The number of carboxylic acid groups (broad SMARTS) is 1. The average Bonchev–Trinajstić information content (AvgIpc) is 3.85. The Balaban J connectivity index is 0.000000175. The molecule has 0 spiro atoms. The zero-order valence-electron chi connectivity index (χ0n) is 32.2. The van der Waals surface area contributed by atoms with E-state index in [4.69, 9.17) is 20.3 Å². The van der Waals surface area contributed by atoms with Crippen molar-refractivity contribution in [3.8, 4) is 0 Å². The van der Waals surface area contributed by atoms with Gasteiger partial charge in [0, 0.05) is 67.4 Å². The number of aromatic carboxylic acids is 1. The van der Waals surface area contributed by atoms with Crippen LogP contribution in [0.1, 0.15) is 71.9 Å². The van der Waals surface area contributed by atoms with Crippen LogP contribution in [0, 0.1) is 0 Å². The van der Waals surface area contributed by atoms with Crippen LogP contribution in [0.4, 0.5) is 11.4 Å². The summed E-state index contributed by atoms with van der Waals surface area (Å²) in [5, 5.41) is 11.6. The molecule has 4 atom stereocenters. The van der Waals surface area contributed by atoms with Crippen LogP contribution in [0.15, 0.2) is 110 Å². The van der Waals surface area contributed by atoms with Crippen LogP contribution in [0.25, 0.3) is 11.3 Å². The van der Waals surface area contributed by atoms with Crippen molar-refractivity contribution >= 4 is 47.0 Å². The number of amides is 1. The molecule has 13 nitrogen and oxygen atoms in total. The van der Waals surface area contributed by atoms with E-state index in [2.05, 4.69) is 87.5 Å². The number of rotatable bonds is 7. The lowest BCUT2D eigenvalue weighted by Crippen LogP contribution is -2.43. The summed E-state index contributed by atoms with van der Waals surface area (Å²) in [5.41, 5.74) is 12.4. The summed E-state index contributed by atoms with van der Waals surface area (Å²) in [6.45, 7) is 13.4. The second-order valence-electron chi connectivity index (χ2n) is 13.9. The van der Waals surface area contributed by atoms with Crippen molar-refractivity contribution < 1.29 is 24.2 Å². The summed E-state index contributed by atoms with van der Waals surface area (Å²) < 4.78 is 14.5. The normalized spacial score (nSPS) is 17.7. The molecular weight excluding hydrogens is 732 g/mol. The molecule has 0 radical (unpaired) electrons. The molecule has 4 N–H and O–H groups in total. The number of nitrogens with one attached hydrogen (secondary N) is 1. The Morgan fingerprint density at radius 2 is 1.20 bits per heavy atom. The Bertz CT molecular complexity index is 2110. The Morgan fingerprint density at radius 3 is 1.64 bits per heavy atom. The van der Waals surface area contributed by atoms with Gasteiger partial charge in [-0.1, -0.05) is 36.4 Å². The number of nitrogens with two attached hydrogens (primary N) is 1. The fraction of sp³-hybridized carbons (Fsp3) is 0.333. The molecule has 2 aliphatic heterocycles. The molecule has 6 heterocycles. The molecule has 0 saturated carbocycles. The molecule has 8 rings (SSSR count). The van der Waals surface area contributed by atoms with Gasteiger partial charge in [0.15, 0.2) is 5.69 Å². The molecule has 296 valence electrons. The minimum absolute atomic E-state index is 0. The Hall–Kier alpha value is -5.47. The Labute approximate surface area is 333 Å². The van der Waals surface area contributed by atoms with E-state index in [1.807, 2.05) is 54.8 Å². The van der Waals surface area contributed by atoms with E-state index in [1.54, 1.807) is 22.9 Å². The highest BCUT2D eigenvalue weighted by molar-refractivity contribution is 5.93. The van der Waals surface area contributed by atoms with E-state index in [0.29, 0.717) is 23.4 Å². The lowest BCUT2D eigenvalue weighted by Gasteiger charge is -2.35. The molecule has 0 bridgehead atoms. The van der Waals surface area contributed by atoms with Crippen LogP contribution in [-0.2, 0) is 9.47 Å². The lowest BCUT2D eigenvalue weighted by atomic mass is 10.1. The topological polar surface area (TPSA) is 152 Å². The van der Waals surface area contributed by atoms with Crippen molar-refractivity contribution in [1.82, 2.24) is 24.1 Å². The lowest BCUT2D eigenvalue weighted by molar-refractivity contribution is 0.0691. The molecule has 56 heavy (non-hydrogen) atoms. The molecule has 2 aromatic carbocycles. The number of nitrogens with zero attached hydrogens (tertiary/aromatic N) is 6. The Morgan fingerprint density at radius 1 is 0.732 bits per heavy atom. The van der Waals surface area contributed by atoms with Crippen molar-refractivity contribution in [1.29, 1.82) is 0 Å². The number of carboxylic acids is 1. The number of benzene rings is 2. The zero-order valence-corrected chi connectivity index (χ0v) is 33.0. The highest BCUT2D eigenvalue weighted by atomic mass is 35.5. The smallest absolute Gasteiger partial charge is 0.356 e. The van der Waals surface area contributed by atoms with Gasteiger partial charge in [0.05, 0.1) is 32.5 Å².